The van der Waals surface area contributed by atoms with E-state index in [9.17, 15) is 152 Å². The van der Waals surface area contributed by atoms with E-state index in [4.69, 9.17) is 90.0 Å². The average molecular weight is 1770 g/mol. The van der Waals surface area contributed by atoms with Crippen LogP contribution in [0.15, 0.2) is 0 Å². The summed E-state index contributed by atoms with van der Waals surface area (Å²) in [4.78, 5) is 51.8. The highest BCUT2D eigenvalue weighted by Crippen LogP contribution is 2.41. The Morgan fingerprint density at radius 3 is 1.05 bits per heavy atom. The Bertz CT molecular complexity index is 3270. The van der Waals surface area contributed by atoms with Crippen molar-refractivity contribution in [1.82, 2.24) is 21.3 Å². The Morgan fingerprint density at radius 1 is 0.231 bits per heavy atom. The molecule has 10 aliphatic rings. The molecule has 50 atom stereocenters. The van der Waals surface area contributed by atoms with Gasteiger partial charge in [-0.3, -0.25) is 19.2 Å². The number of aliphatic hydroxyl groups is 26. The number of rotatable bonds is 30. The number of carbonyl (C=O) groups is 4. The Morgan fingerprint density at radius 2 is 0.537 bits per heavy atom. The first kappa shape index (κ1) is 99.2. The lowest BCUT2D eigenvalue weighted by Crippen LogP contribution is -2.71. The lowest BCUT2D eigenvalue weighted by Gasteiger charge is -2.52. The monoisotopic (exact) mass is 1770 g/mol. The fourth-order valence-electron chi connectivity index (χ4n) is 15.7. The molecule has 0 saturated carbocycles. The van der Waals surface area contributed by atoms with Crippen molar-refractivity contribution in [1.29, 1.82) is 0 Å². The lowest BCUT2D eigenvalue weighted by atomic mass is 9.93. The summed E-state index contributed by atoms with van der Waals surface area (Å²) in [5.74, 6) is -3.72. The summed E-state index contributed by atoms with van der Waals surface area (Å²) in [6.07, 6.45) is -95.2. The molecule has 10 aliphatic heterocycles. The first-order chi connectivity index (χ1) is 57.1. The summed E-state index contributed by atoms with van der Waals surface area (Å²) < 4.78 is 114. The molecule has 10 rings (SSSR count). The zero-order chi connectivity index (χ0) is 89.1. The van der Waals surface area contributed by atoms with Gasteiger partial charge in [0, 0.05) is 27.7 Å². The van der Waals surface area contributed by atoms with Gasteiger partial charge in [0.25, 0.3) is 0 Å². The second-order valence-corrected chi connectivity index (χ2v) is 31.0. The molecule has 30 N–H and O–H groups in total. The van der Waals surface area contributed by atoms with Crippen LogP contribution in [0.2, 0.25) is 0 Å². The van der Waals surface area contributed by atoms with Crippen LogP contribution in [0.4, 0.5) is 0 Å². The van der Waals surface area contributed by atoms with Gasteiger partial charge in [-0.05, 0) is 13.8 Å². The molecule has 0 radical (unpaired) electrons. The standard InChI is InChI=1S/C68H114N4O49/c1-15-33(83)43(93)48(98)63(105-15)103-14-28-53(41(91)29(59(102)107-28)69-17(3)79)115-61-31(71-19(5)81)42(92)52(25(11-77)112-61)116-66-51(101)56(39(89)27(114-66)13-104-67-57(46(96)37(87)23(9-75)110-67)120-60-30(70-18(4)80)40(90)35(85)21(7-73)108-60)119-68-58(47(97)38(88)24(10-76)111-68)121-62-32(72-20(6)82)55(118-64-49(99)44(94)34(84)16(2)106-64)54(26(12-78)113-62)117-65-50(100)45(95)36(86)22(8-74)109-65/h15-16,21-68,73-78,83-102H,7-14H2,1-6H3,(H,69,79)(H,70,80)(H,71,81)(H,72,82)/t15-,16-,21+,22+,23+,24+,25+,26+,27+,28+,29+,30+,31+,32-,33+,34+,35+,36-,37+,38+,39+,40+,41+,42+,43+,44+,45-,46-,47-,48-,49-,50+,51-,52+,53+,54+,55+,56-,57-,58-,59?,60-,61-,62-,63+,64-,65-,66-,67-,68+/m0/s1. The fourth-order valence-corrected chi connectivity index (χ4v) is 15.7. The molecule has 53 heteroatoms. The number of carbonyl (C=O) groups excluding carboxylic acids is 4. The van der Waals surface area contributed by atoms with Crippen LogP contribution < -0.4 is 21.3 Å². The topological polar surface area (TPSA) is 818 Å². The second kappa shape index (κ2) is 43.0. The normalized spacial score (nSPS) is 50.0. The van der Waals surface area contributed by atoms with Gasteiger partial charge in [-0.15, -0.1) is 0 Å². The summed E-state index contributed by atoms with van der Waals surface area (Å²) in [7, 11) is 0. The first-order valence-electron chi connectivity index (χ1n) is 38.8. The maximum Gasteiger partial charge on any atom is 0.217 e. The van der Waals surface area contributed by atoms with Crippen molar-refractivity contribution >= 4 is 23.6 Å². The van der Waals surface area contributed by atoms with Gasteiger partial charge in [0.1, 0.15) is 232 Å². The van der Waals surface area contributed by atoms with Crippen LogP contribution in [0.1, 0.15) is 41.5 Å². The van der Waals surface area contributed by atoms with Gasteiger partial charge < -0.3 is 244 Å². The molecule has 10 fully saturated rings. The minimum Gasteiger partial charge on any atom is -0.394 e. The highest BCUT2D eigenvalue weighted by atomic mass is 16.8. The van der Waals surface area contributed by atoms with E-state index >= 15 is 0 Å². The summed E-state index contributed by atoms with van der Waals surface area (Å²) in [6, 6.07) is -7.61. The van der Waals surface area contributed by atoms with Gasteiger partial charge in [-0.25, -0.2) is 0 Å². The van der Waals surface area contributed by atoms with Crippen molar-refractivity contribution in [2.75, 3.05) is 52.9 Å². The van der Waals surface area contributed by atoms with E-state index in [-0.39, 0.29) is 0 Å². The van der Waals surface area contributed by atoms with Crippen LogP contribution in [0, 0.1) is 0 Å². The van der Waals surface area contributed by atoms with Crippen molar-refractivity contribution in [2.24, 2.45) is 0 Å². The largest absolute Gasteiger partial charge is 0.394 e. The van der Waals surface area contributed by atoms with Crippen LogP contribution in [0.5, 0.6) is 0 Å². The Hall–Kier alpha value is -3.92. The van der Waals surface area contributed by atoms with Crippen LogP contribution in [-0.4, -0.2) is 516 Å². The van der Waals surface area contributed by atoms with Crippen LogP contribution in [-0.2, 0) is 109 Å². The van der Waals surface area contributed by atoms with Crippen molar-refractivity contribution < 1.29 is 242 Å². The minimum absolute atomic E-state index is 0.843. The minimum atomic E-state index is -2.64. The van der Waals surface area contributed by atoms with Crippen LogP contribution in [0.25, 0.3) is 0 Å². The summed E-state index contributed by atoms with van der Waals surface area (Å²) >= 11 is 0. The predicted octanol–water partition coefficient (Wildman–Crippen LogP) is -20.2. The van der Waals surface area contributed by atoms with Crippen molar-refractivity contribution in [2.45, 2.75) is 348 Å². The maximum atomic E-state index is 13.5. The number of amides is 4. The third-order valence-corrected chi connectivity index (χ3v) is 22.4. The van der Waals surface area contributed by atoms with Crippen molar-refractivity contribution in [3.8, 4) is 0 Å². The molecule has 121 heavy (non-hydrogen) atoms. The van der Waals surface area contributed by atoms with Crippen molar-refractivity contribution in [3.63, 3.8) is 0 Å². The molecule has 0 spiro atoms. The number of ether oxygens (including phenoxy) is 19. The quantitative estimate of drug-likeness (QED) is 0.0318. The number of aliphatic hydroxyl groups excluding tert-OH is 26. The first-order valence-corrected chi connectivity index (χ1v) is 38.8. The molecule has 0 aromatic heterocycles. The zero-order valence-electron chi connectivity index (χ0n) is 65.5. The summed E-state index contributed by atoms with van der Waals surface area (Å²) in [5.41, 5.74) is 0. The molecule has 10 heterocycles. The van der Waals surface area contributed by atoms with E-state index in [0.29, 0.717) is 0 Å². The third-order valence-electron chi connectivity index (χ3n) is 22.4. The molecule has 1 unspecified atom stereocenters. The lowest BCUT2D eigenvalue weighted by molar-refractivity contribution is -0.403. The van der Waals surface area contributed by atoms with Gasteiger partial charge in [0.05, 0.1) is 65.1 Å². The summed E-state index contributed by atoms with van der Waals surface area (Å²) in [5, 5.41) is 301. The van der Waals surface area contributed by atoms with Crippen LogP contribution >= 0.6 is 0 Å². The van der Waals surface area contributed by atoms with E-state index < -0.39 is 383 Å². The highest BCUT2D eigenvalue weighted by molar-refractivity contribution is 5.74. The van der Waals surface area contributed by atoms with Gasteiger partial charge in [-0.1, -0.05) is 0 Å². The molecule has 0 aliphatic carbocycles. The Balaban J connectivity index is 1.01. The zero-order valence-corrected chi connectivity index (χ0v) is 65.5. The van der Waals surface area contributed by atoms with E-state index in [1.165, 1.54) is 13.8 Å². The van der Waals surface area contributed by atoms with E-state index in [2.05, 4.69) is 21.3 Å². The number of hydrogen-bond acceptors (Lipinski definition) is 49. The molecule has 10 saturated heterocycles. The molecule has 700 valence electrons. The second-order valence-electron chi connectivity index (χ2n) is 31.0. The van der Waals surface area contributed by atoms with E-state index in [0.717, 1.165) is 27.7 Å². The van der Waals surface area contributed by atoms with Crippen molar-refractivity contribution in [3.05, 3.63) is 0 Å². The van der Waals surface area contributed by atoms with Crippen LogP contribution in [0.3, 0.4) is 0 Å². The molecular formula is C68H114N4O49. The predicted molar refractivity (Wildman–Crippen MR) is 373 cm³/mol. The Labute approximate surface area is 686 Å². The Kier molecular flexibility index (Phi) is 35.3. The van der Waals surface area contributed by atoms with Gasteiger partial charge >= 0.3 is 0 Å². The average Bonchev–Trinajstić information content (AvgIpc) is 0.766. The van der Waals surface area contributed by atoms with Gasteiger partial charge in [-0.2, -0.15) is 0 Å². The maximum absolute atomic E-state index is 13.5. The van der Waals surface area contributed by atoms with E-state index in [1.54, 1.807) is 0 Å². The molecule has 0 aromatic carbocycles. The third kappa shape index (κ3) is 22.0. The molecule has 53 nitrogen and oxygen atoms in total. The molecular weight excluding hydrogens is 1660 g/mol. The molecule has 0 bridgehead atoms. The SMILES string of the molecule is CC(=O)N[C@@H]1[C@H](O[C@@H]2[C@@H](O[C@@H]3[C@H](O)[C@H](O[C@H]4[C@H](O)[C@@H](NC(C)=O)[C@H](O[C@H]5[C@H](O)[C@@H](NC(C)=O)C(O)O[C@@H]5CO[C@@H]5O[C@@H](C)[C@@H](O)[C@@H](O)[C@@H]5O)O[C@@H]4CO)O[C@H](CO[C@H]4O[C@H](CO)[C@@H](O)[C@H](O)[C@@H]4O[C@@H]4O[C@H](CO)[C@@H](O)[C@H](O)[C@H]4NC(C)=O)[C@H]3O)O[C@H](CO)[C@@H](O)[C@@H]2O)O[C@H](CO)[C@@H](O[C@@H]2O[C@H](CO)[C@H](O)[C@H](O)[C@H]2O)[C@@H]1O[C@@H]1O[C@@H](C)[C@@H](O)[C@@H](O)[C@@H]1O. The summed E-state index contributed by atoms with van der Waals surface area (Å²) in [6.45, 7) is -2.57. The number of hydrogen-bond donors (Lipinski definition) is 30. The smallest absolute Gasteiger partial charge is 0.217 e. The number of nitrogens with one attached hydrogen (secondary N) is 4. The molecule has 4 amide bonds. The van der Waals surface area contributed by atoms with Gasteiger partial charge in [0.15, 0.2) is 62.9 Å². The highest BCUT2D eigenvalue weighted by Gasteiger charge is 2.62. The molecule has 0 aromatic rings. The fraction of sp³-hybridized carbons (Fsp3) is 0.941. The van der Waals surface area contributed by atoms with E-state index in [1.807, 2.05) is 0 Å². The van der Waals surface area contributed by atoms with Gasteiger partial charge in [0.2, 0.25) is 23.6 Å².